The minimum absolute atomic E-state index is 0.126. The zero-order valence-corrected chi connectivity index (χ0v) is 9.30. The smallest absolute Gasteiger partial charge is 0.185 e. The molecule has 0 aliphatic carbocycles. The summed E-state index contributed by atoms with van der Waals surface area (Å²) in [6.45, 7) is 1.55. The van der Waals surface area contributed by atoms with Gasteiger partial charge in [0, 0.05) is 24.7 Å². The number of carbonyl (C=O) groups is 1. The van der Waals surface area contributed by atoms with Gasteiger partial charge in [0.25, 0.3) is 0 Å². The highest BCUT2D eigenvalue weighted by atomic mass is 32.2. The van der Waals surface area contributed by atoms with Crippen LogP contribution in [-0.4, -0.2) is 16.0 Å². The maximum atomic E-state index is 10.6. The van der Waals surface area contributed by atoms with Crippen molar-refractivity contribution in [2.45, 2.75) is 13.3 Å². The third-order valence-electron chi connectivity index (χ3n) is 1.63. The molecule has 15 heavy (non-hydrogen) atoms. The molecule has 0 saturated heterocycles. The molecule has 0 amide bonds. The summed E-state index contributed by atoms with van der Waals surface area (Å²) in [6, 6.07) is 6.74. The summed E-state index contributed by atoms with van der Waals surface area (Å²) in [5, 5.41) is 9.16. The molecule has 0 heterocycles. The fourth-order valence-electron chi connectivity index (χ4n) is 0.955. The molecule has 1 rings (SSSR count). The van der Waals surface area contributed by atoms with Crippen LogP contribution in [0.4, 0.5) is 0 Å². The second-order valence-corrected chi connectivity index (χ2v) is 4.21. The first-order chi connectivity index (χ1) is 7.18. The Morgan fingerprint density at radius 3 is 2.67 bits per heavy atom. The third-order valence-corrected chi connectivity index (χ3v) is 2.45. The number of carbonyl (C=O) groups excluding carboxylic acids is 1. The molecular formula is C12H12O2S. The first kappa shape index (κ1) is 11.7. The molecule has 0 aromatic heterocycles. The number of hydrogen-bond acceptors (Lipinski definition) is 3. The van der Waals surface area contributed by atoms with Crippen molar-refractivity contribution in [3.8, 4) is 17.6 Å². The van der Waals surface area contributed by atoms with Crippen molar-refractivity contribution in [1.82, 2.24) is 0 Å². The van der Waals surface area contributed by atoms with E-state index in [1.807, 2.05) is 0 Å². The van der Waals surface area contributed by atoms with E-state index in [1.165, 1.54) is 11.8 Å². The van der Waals surface area contributed by atoms with Crippen LogP contribution in [0.2, 0.25) is 0 Å². The van der Waals surface area contributed by atoms with Gasteiger partial charge in [-0.1, -0.05) is 23.6 Å². The minimum atomic E-state index is 0.126. The van der Waals surface area contributed by atoms with Crippen molar-refractivity contribution in [2.75, 3.05) is 5.75 Å². The zero-order valence-electron chi connectivity index (χ0n) is 8.49. The number of benzene rings is 1. The van der Waals surface area contributed by atoms with E-state index in [4.69, 9.17) is 5.11 Å². The second-order valence-electron chi connectivity index (χ2n) is 2.94. The van der Waals surface area contributed by atoms with Gasteiger partial charge in [0.1, 0.15) is 5.75 Å². The Morgan fingerprint density at radius 1 is 1.40 bits per heavy atom. The lowest BCUT2D eigenvalue weighted by Gasteiger charge is -1.91. The average molecular weight is 220 g/mol. The molecule has 0 aliphatic heterocycles. The maximum absolute atomic E-state index is 10.6. The summed E-state index contributed by atoms with van der Waals surface area (Å²) in [5.41, 5.74) is 0.876. The number of hydrogen-bond donors (Lipinski definition) is 1. The van der Waals surface area contributed by atoms with Gasteiger partial charge in [-0.15, -0.1) is 0 Å². The van der Waals surface area contributed by atoms with Gasteiger partial charge in [-0.2, -0.15) is 0 Å². The molecule has 0 bridgehead atoms. The Kier molecular flexibility index (Phi) is 4.79. The van der Waals surface area contributed by atoms with E-state index in [1.54, 1.807) is 31.2 Å². The van der Waals surface area contributed by atoms with Gasteiger partial charge in [-0.25, -0.2) is 0 Å². The molecule has 3 heteroatoms. The Labute approximate surface area is 93.7 Å². The van der Waals surface area contributed by atoms with Crippen molar-refractivity contribution < 1.29 is 9.90 Å². The number of rotatable bonds is 2. The number of aromatic hydroxyl groups is 1. The summed E-state index contributed by atoms with van der Waals surface area (Å²) in [4.78, 5) is 10.6. The third kappa shape index (κ3) is 5.14. The topological polar surface area (TPSA) is 37.3 Å². The molecule has 1 N–H and O–H groups in total. The van der Waals surface area contributed by atoms with E-state index >= 15 is 0 Å². The van der Waals surface area contributed by atoms with E-state index < -0.39 is 0 Å². The maximum Gasteiger partial charge on any atom is 0.185 e. The predicted octanol–water partition coefficient (Wildman–Crippen LogP) is 2.41. The van der Waals surface area contributed by atoms with Gasteiger partial charge in [0.2, 0.25) is 0 Å². The van der Waals surface area contributed by atoms with Crippen LogP contribution in [0.1, 0.15) is 18.9 Å². The molecule has 0 radical (unpaired) electrons. The highest BCUT2D eigenvalue weighted by Gasteiger charge is 1.91. The van der Waals surface area contributed by atoms with E-state index in [-0.39, 0.29) is 10.9 Å². The average Bonchev–Trinajstić information content (AvgIpc) is 2.20. The fourth-order valence-corrected chi connectivity index (χ4v) is 1.45. The molecule has 78 valence electrons. The molecule has 0 fully saturated rings. The van der Waals surface area contributed by atoms with E-state index in [2.05, 4.69) is 11.8 Å². The van der Waals surface area contributed by atoms with Crippen LogP contribution in [-0.2, 0) is 4.79 Å². The summed E-state index contributed by atoms with van der Waals surface area (Å²) >= 11 is 1.29. The molecule has 0 atom stereocenters. The van der Waals surface area contributed by atoms with Crippen molar-refractivity contribution in [2.24, 2.45) is 0 Å². The van der Waals surface area contributed by atoms with Crippen LogP contribution in [0, 0.1) is 11.8 Å². The van der Waals surface area contributed by atoms with Crippen molar-refractivity contribution in [3.05, 3.63) is 29.8 Å². The zero-order chi connectivity index (χ0) is 11.1. The van der Waals surface area contributed by atoms with E-state index in [9.17, 15) is 4.79 Å². The standard InChI is InChI=1S/C12H12O2S/c1-10(13)15-9-3-2-4-11-5-7-12(14)8-6-11/h5-8,14H,3,9H2,1H3. The molecule has 1 aromatic carbocycles. The SMILES string of the molecule is CC(=O)SCCC#Cc1ccc(O)cc1. The highest BCUT2D eigenvalue weighted by molar-refractivity contribution is 8.13. The molecule has 0 aliphatic rings. The molecule has 0 unspecified atom stereocenters. The fraction of sp³-hybridized carbons (Fsp3) is 0.250. The van der Waals surface area contributed by atoms with Crippen LogP contribution < -0.4 is 0 Å². The molecular weight excluding hydrogens is 208 g/mol. The number of phenolic OH excluding ortho intramolecular Hbond substituents is 1. The largest absolute Gasteiger partial charge is 0.508 e. The van der Waals surface area contributed by atoms with Gasteiger partial charge in [-0.05, 0) is 24.3 Å². The van der Waals surface area contributed by atoms with Crippen LogP contribution in [0.3, 0.4) is 0 Å². The molecule has 1 aromatic rings. The Hall–Kier alpha value is -1.40. The monoisotopic (exact) mass is 220 g/mol. The van der Waals surface area contributed by atoms with Crippen LogP contribution >= 0.6 is 11.8 Å². The lowest BCUT2D eigenvalue weighted by molar-refractivity contribution is -0.109. The Balaban J connectivity index is 2.38. The first-order valence-electron chi connectivity index (χ1n) is 4.60. The lowest BCUT2D eigenvalue weighted by Crippen LogP contribution is -1.84. The molecule has 0 saturated carbocycles. The Morgan fingerprint density at radius 2 is 2.07 bits per heavy atom. The van der Waals surface area contributed by atoms with Gasteiger partial charge < -0.3 is 5.11 Å². The Bertz CT molecular complexity index is 384. The van der Waals surface area contributed by atoms with Crippen molar-refractivity contribution >= 4 is 16.9 Å². The van der Waals surface area contributed by atoms with E-state index in [0.29, 0.717) is 6.42 Å². The summed E-state index contributed by atoms with van der Waals surface area (Å²) < 4.78 is 0. The number of phenols is 1. The summed E-state index contributed by atoms with van der Waals surface area (Å²) in [5.74, 6) is 6.91. The highest BCUT2D eigenvalue weighted by Crippen LogP contribution is 2.08. The second kappa shape index (κ2) is 6.15. The number of thioether (sulfide) groups is 1. The molecule has 0 spiro atoms. The van der Waals surface area contributed by atoms with Crippen LogP contribution in [0.5, 0.6) is 5.75 Å². The predicted molar refractivity (Wildman–Crippen MR) is 62.7 cm³/mol. The lowest BCUT2D eigenvalue weighted by atomic mass is 10.2. The van der Waals surface area contributed by atoms with Gasteiger partial charge in [0.15, 0.2) is 5.12 Å². The first-order valence-corrected chi connectivity index (χ1v) is 5.58. The van der Waals surface area contributed by atoms with Gasteiger partial charge in [0.05, 0.1) is 0 Å². The molecule has 2 nitrogen and oxygen atoms in total. The van der Waals surface area contributed by atoms with Gasteiger partial charge >= 0.3 is 0 Å². The van der Waals surface area contributed by atoms with E-state index in [0.717, 1.165) is 11.3 Å². The van der Waals surface area contributed by atoms with Crippen molar-refractivity contribution in [3.63, 3.8) is 0 Å². The van der Waals surface area contributed by atoms with Crippen LogP contribution in [0.15, 0.2) is 24.3 Å². The van der Waals surface area contributed by atoms with Crippen molar-refractivity contribution in [1.29, 1.82) is 0 Å². The van der Waals surface area contributed by atoms with Crippen LogP contribution in [0.25, 0.3) is 0 Å². The summed E-state index contributed by atoms with van der Waals surface area (Å²) in [7, 11) is 0. The quantitative estimate of drug-likeness (QED) is 0.614. The summed E-state index contributed by atoms with van der Waals surface area (Å²) in [6.07, 6.45) is 0.700. The normalized spacial score (nSPS) is 9.13. The van der Waals surface area contributed by atoms with Gasteiger partial charge in [-0.3, -0.25) is 4.79 Å². The minimum Gasteiger partial charge on any atom is -0.508 e.